The monoisotopic (exact) mass is 225 g/mol. The summed E-state index contributed by atoms with van der Waals surface area (Å²) in [4.78, 5) is 4.47. The molecule has 1 N–H and O–H groups in total. The number of pyridine rings is 1. The summed E-state index contributed by atoms with van der Waals surface area (Å²) in [5.41, 5.74) is 2.03. The second-order valence-electron chi connectivity index (χ2n) is 3.93. The molecule has 1 aromatic heterocycles. The number of hydrogen-bond acceptors (Lipinski definition) is 2. The van der Waals surface area contributed by atoms with E-state index in [-0.39, 0.29) is 7.92 Å². The van der Waals surface area contributed by atoms with Crippen LogP contribution in [-0.2, 0) is 0 Å². The summed E-state index contributed by atoms with van der Waals surface area (Å²) >= 11 is 0. The molecule has 0 aliphatic heterocycles. The van der Waals surface area contributed by atoms with Gasteiger partial charge in [0.25, 0.3) is 0 Å². The van der Waals surface area contributed by atoms with Gasteiger partial charge < -0.3 is 5.11 Å². The van der Waals surface area contributed by atoms with Gasteiger partial charge in [0, 0.05) is 17.8 Å². The van der Waals surface area contributed by atoms with E-state index in [1.54, 1.807) is 0 Å². The van der Waals surface area contributed by atoms with Crippen LogP contribution in [0.15, 0.2) is 12.3 Å². The first-order valence-electron chi connectivity index (χ1n) is 5.54. The highest BCUT2D eigenvalue weighted by molar-refractivity contribution is 7.65. The van der Waals surface area contributed by atoms with Crippen molar-refractivity contribution >= 4 is 13.4 Å². The average molecular weight is 225 g/mol. The van der Waals surface area contributed by atoms with E-state index < -0.39 is 0 Å². The summed E-state index contributed by atoms with van der Waals surface area (Å²) in [6.07, 6.45) is 4.11. The molecule has 0 fully saturated rings. The number of rotatable bonds is 4. The molecule has 0 saturated carbocycles. The molecule has 84 valence electrons. The van der Waals surface area contributed by atoms with E-state index in [9.17, 15) is 5.11 Å². The Morgan fingerprint density at radius 2 is 1.93 bits per heavy atom. The highest BCUT2D eigenvalue weighted by Crippen LogP contribution is 2.34. The van der Waals surface area contributed by atoms with Crippen LogP contribution in [-0.4, -0.2) is 22.4 Å². The molecular weight excluding hydrogens is 205 g/mol. The number of aromatic hydroxyl groups is 1. The highest BCUT2D eigenvalue weighted by Gasteiger charge is 2.12. The maximum absolute atomic E-state index is 9.87. The molecule has 2 nitrogen and oxygen atoms in total. The first-order chi connectivity index (χ1) is 7.10. The van der Waals surface area contributed by atoms with Crippen LogP contribution in [0.4, 0.5) is 0 Å². The molecule has 0 bridgehead atoms. The zero-order chi connectivity index (χ0) is 11.4. The van der Waals surface area contributed by atoms with Crippen molar-refractivity contribution in [2.45, 2.75) is 33.6 Å². The Kier molecular flexibility index (Phi) is 4.53. The lowest BCUT2D eigenvalue weighted by Crippen LogP contribution is -2.09. The molecule has 0 saturated heterocycles. The van der Waals surface area contributed by atoms with Crippen LogP contribution in [0, 0.1) is 0 Å². The number of aromatic nitrogens is 1. The lowest BCUT2D eigenvalue weighted by Gasteiger charge is -2.15. The van der Waals surface area contributed by atoms with E-state index >= 15 is 0 Å². The van der Waals surface area contributed by atoms with Gasteiger partial charge in [0.1, 0.15) is 5.75 Å². The fraction of sp³-hybridized carbons (Fsp3) is 0.583. The minimum atomic E-state index is -0.170. The topological polar surface area (TPSA) is 33.1 Å². The molecule has 3 heteroatoms. The Balaban J connectivity index is 3.00. The van der Waals surface area contributed by atoms with Crippen LogP contribution in [0.1, 0.15) is 39.2 Å². The molecule has 0 aliphatic carbocycles. The fourth-order valence-electron chi connectivity index (χ4n) is 1.61. The summed E-state index contributed by atoms with van der Waals surface area (Å²) in [6.45, 7) is 8.51. The predicted molar refractivity (Wildman–Crippen MR) is 67.6 cm³/mol. The van der Waals surface area contributed by atoms with Crippen LogP contribution in [0.5, 0.6) is 5.75 Å². The van der Waals surface area contributed by atoms with Crippen LogP contribution in [0.3, 0.4) is 0 Å². The van der Waals surface area contributed by atoms with Crippen molar-refractivity contribution in [3.05, 3.63) is 17.8 Å². The normalized spacial score (nSPS) is 11.3. The summed E-state index contributed by atoms with van der Waals surface area (Å²) in [7, 11) is -0.170. The van der Waals surface area contributed by atoms with Gasteiger partial charge >= 0.3 is 0 Å². The molecule has 1 rings (SSSR count). The highest BCUT2D eigenvalue weighted by atomic mass is 31.1. The Morgan fingerprint density at radius 3 is 2.33 bits per heavy atom. The lowest BCUT2D eigenvalue weighted by molar-refractivity contribution is 0.464. The SMILES string of the molecule is CCP(CC)c1cc(O)c(C(C)C)cn1. The summed E-state index contributed by atoms with van der Waals surface area (Å²) < 4.78 is 0. The predicted octanol–water partition coefficient (Wildman–Crippen LogP) is 3.06. The Bertz CT molecular complexity index is 321. The molecule has 0 amide bonds. The molecule has 0 atom stereocenters. The van der Waals surface area contributed by atoms with E-state index in [4.69, 9.17) is 0 Å². The summed E-state index contributed by atoms with van der Waals surface area (Å²) in [5.74, 6) is 0.741. The van der Waals surface area contributed by atoms with Crippen LogP contribution < -0.4 is 5.44 Å². The third kappa shape index (κ3) is 2.92. The summed E-state index contributed by atoms with van der Waals surface area (Å²) in [6, 6.07) is 1.86. The maximum atomic E-state index is 9.87. The molecule has 1 heterocycles. The Hall–Kier alpha value is -0.620. The standard InChI is InChI=1S/C12H20NOP/c1-5-15(6-2)12-7-11(14)10(8-13-12)9(3)4/h7-9H,5-6H2,1-4H3,(H,13,14). The quantitative estimate of drug-likeness (QED) is 0.799. The first kappa shape index (κ1) is 12.4. The van der Waals surface area contributed by atoms with Crippen molar-refractivity contribution in [3.8, 4) is 5.75 Å². The molecule has 0 aliphatic rings. The van der Waals surface area contributed by atoms with Gasteiger partial charge in [-0.05, 0) is 18.2 Å². The fourth-order valence-corrected chi connectivity index (χ4v) is 3.23. The van der Waals surface area contributed by atoms with E-state index in [1.807, 2.05) is 12.3 Å². The molecule has 1 aromatic rings. The van der Waals surface area contributed by atoms with Crippen molar-refractivity contribution < 1.29 is 5.11 Å². The second-order valence-corrected chi connectivity index (χ2v) is 6.73. The molecule has 0 aromatic carbocycles. The van der Waals surface area contributed by atoms with Gasteiger partial charge in [0.2, 0.25) is 0 Å². The third-order valence-electron chi connectivity index (χ3n) is 2.61. The zero-order valence-corrected chi connectivity index (χ0v) is 10.9. The van der Waals surface area contributed by atoms with E-state index in [0.717, 1.165) is 23.3 Å². The minimum absolute atomic E-state index is 0.170. The lowest BCUT2D eigenvalue weighted by atomic mass is 10.1. The zero-order valence-electron chi connectivity index (χ0n) is 9.99. The van der Waals surface area contributed by atoms with E-state index in [1.165, 1.54) is 0 Å². The van der Waals surface area contributed by atoms with Crippen LogP contribution in [0.2, 0.25) is 0 Å². The van der Waals surface area contributed by atoms with Crippen molar-refractivity contribution in [1.29, 1.82) is 0 Å². The van der Waals surface area contributed by atoms with Crippen LogP contribution >= 0.6 is 7.92 Å². The smallest absolute Gasteiger partial charge is 0.122 e. The van der Waals surface area contributed by atoms with Crippen LogP contribution in [0.25, 0.3) is 0 Å². The molecule has 0 spiro atoms. The van der Waals surface area contributed by atoms with Crippen molar-refractivity contribution in [1.82, 2.24) is 4.98 Å². The molecule has 0 radical (unpaired) electrons. The van der Waals surface area contributed by atoms with Gasteiger partial charge in [-0.25, -0.2) is 0 Å². The van der Waals surface area contributed by atoms with Crippen molar-refractivity contribution in [2.24, 2.45) is 0 Å². The summed E-state index contributed by atoms with van der Waals surface area (Å²) in [5, 5.41) is 9.87. The number of nitrogens with zero attached hydrogens (tertiary/aromatic N) is 1. The van der Waals surface area contributed by atoms with Gasteiger partial charge in [-0.3, -0.25) is 4.98 Å². The van der Waals surface area contributed by atoms with Gasteiger partial charge in [-0.2, -0.15) is 0 Å². The van der Waals surface area contributed by atoms with Gasteiger partial charge in [0.15, 0.2) is 0 Å². The molecule has 15 heavy (non-hydrogen) atoms. The molecular formula is C12H20NOP. The van der Waals surface area contributed by atoms with E-state index in [2.05, 4.69) is 32.7 Å². The Labute approximate surface area is 93.5 Å². The number of hydrogen-bond donors (Lipinski definition) is 1. The molecule has 0 unspecified atom stereocenters. The largest absolute Gasteiger partial charge is 0.508 e. The van der Waals surface area contributed by atoms with Gasteiger partial charge in [-0.15, -0.1) is 0 Å². The first-order valence-corrected chi connectivity index (χ1v) is 7.25. The Morgan fingerprint density at radius 1 is 1.33 bits per heavy atom. The van der Waals surface area contributed by atoms with Gasteiger partial charge in [-0.1, -0.05) is 35.6 Å². The van der Waals surface area contributed by atoms with Crippen molar-refractivity contribution in [2.75, 3.05) is 12.3 Å². The van der Waals surface area contributed by atoms with E-state index in [0.29, 0.717) is 11.7 Å². The minimum Gasteiger partial charge on any atom is -0.508 e. The maximum Gasteiger partial charge on any atom is 0.122 e. The third-order valence-corrected chi connectivity index (χ3v) is 5.03. The second kappa shape index (κ2) is 5.46. The average Bonchev–Trinajstić information content (AvgIpc) is 2.19. The van der Waals surface area contributed by atoms with Gasteiger partial charge in [0.05, 0.1) is 5.44 Å². The van der Waals surface area contributed by atoms with Crippen molar-refractivity contribution in [3.63, 3.8) is 0 Å².